The van der Waals surface area contributed by atoms with Crippen molar-refractivity contribution in [3.63, 3.8) is 0 Å². The molecule has 3 aromatic carbocycles. The van der Waals surface area contributed by atoms with Gasteiger partial charge in [-0.2, -0.15) is 8.78 Å². The number of benzene rings is 3. The lowest BCUT2D eigenvalue weighted by atomic mass is 9.84. The molecular weight excluding hydrogens is 606 g/mol. The molecule has 46 heavy (non-hydrogen) atoms. The van der Waals surface area contributed by atoms with Crippen molar-refractivity contribution in [2.45, 2.75) is 26.7 Å². The summed E-state index contributed by atoms with van der Waals surface area (Å²) in [4.78, 5) is 25.1. The molecule has 2 fully saturated rings. The van der Waals surface area contributed by atoms with Crippen molar-refractivity contribution in [2.24, 2.45) is 10.8 Å². The maximum atomic E-state index is 14.8. The van der Waals surface area contributed by atoms with Crippen LogP contribution in [0.3, 0.4) is 0 Å². The van der Waals surface area contributed by atoms with Crippen molar-refractivity contribution in [1.29, 1.82) is 0 Å². The molecule has 246 valence electrons. The molecule has 0 spiro atoms. The van der Waals surface area contributed by atoms with Crippen LogP contribution in [0.15, 0.2) is 60.7 Å². The molecule has 0 N–H and O–H groups in total. The van der Waals surface area contributed by atoms with E-state index in [0.29, 0.717) is 51.1 Å². The van der Waals surface area contributed by atoms with Crippen LogP contribution in [0.5, 0.6) is 23.0 Å². The summed E-state index contributed by atoms with van der Waals surface area (Å²) in [5.74, 6) is -5.25. The van der Waals surface area contributed by atoms with Crippen molar-refractivity contribution >= 4 is 11.9 Å². The molecule has 12 heteroatoms. The molecule has 0 saturated carbocycles. The molecule has 10 nitrogen and oxygen atoms in total. The molecule has 0 aromatic heterocycles. The highest BCUT2D eigenvalue weighted by atomic mass is 19.2. The lowest BCUT2D eigenvalue weighted by molar-refractivity contribution is -0.162. The Morgan fingerprint density at radius 1 is 0.630 bits per heavy atom. The van der Waals surface area contributed by atoms with Crippen molar-refractivity contribution in [3.8, 4) is 23.0 Å². The Balaban J connectivity index is 1.08. The Bertz CT molecular complexity index is 1360. The zero-order chi connectivity index (χ0) is 32.6. The average Bonchev–Trinajstić information content (AvgIpc) is 3.03. The van der Waals surface area contributed by atoms with Gasteiger partial charge >= 0.3 is 11.9 Å². The van der Waals surface area contributed by atoms with E-state index in [1.807, 2.05) is 0 Å². The molecule has 0 amide bonds. The summed E-state index contributed by atoms with van der Waals surface area (Å²) in [6.45, 7) is 7.91. The van der Waals surface area contributed by atoms with Gasteiger partial charge in [-0.25, -0.2) is 9.59 Å². The molecular formula is C34H36F2O10. The highest BCUT2D eigenvalue weighted by molar-refractivity contribution is 5.92. The molecule has 2 saturated heterocycles. The fraction of sp³-hybridized carbons (Fsp3) is 0.412. The Morgan fingerprint density at radius 3 is 1.30 bits per heavy atom. The number of carbonyl (C=O) groups is 2. The number of esters is 2. The number of ether oxygens (including phenoxy) is 8. The highest BCUT2D eigenvalue weighted by Gasteiger charge is 2.37. The van der Waals surface area contributed by atoms with Crippen LogP contribution in [-0.2, 0) is 18.9 Å². The standard InChI is InChI=1S/C34H36F2O10/c1-3-33(15-39-16-33)19-41-21-43-25-9-5-23(6-10-25)31(37)45-27-13-14-28(30(36)29(27)35)46-32(38)24-7-11-26(12-8-24)44-22-42-20-34(4-2)17-40-18-34/h5-14H,3-4,15-22H2,1-2H3. The summed E-state index contributed by atoms with van der Waals surface area (Å²) in [7, 11) is 0. The van der Waals surface area contributed by atoms with Crippen molar-refractivity contribution in [3.05, 3.63) is 83.4 Å². The molecule has 2 aliphatic rings. The smallest absolute Gasteiger partial charge is 0.343 e. The highest BCUT2D eigenvalue weighted by Crippen LogP contribution is 2.33. The van der Waals surface area contributed by atoms with Crippen LogP contribution in [0.4, 0.5) is 8.78 Å². The van der Waals surface area contributed by atoms with E-state index in [9.17, 15) is 18.4 Å². The average molecular weight is 643 g/mol. The zero-order valence-electron chi connectivity index (χ0n) is 25.7. The molecule has 2 aliphatic heterocycles. The predicted octanol–water partition coefficient (Wildman–Crippen LogP) is 5.96. The maximum absolute atomic E-state index is 14.8. The van der Waals surface area contributed by atoms with Gasteiger partial charge in [-0.1, -0.05) is 13.8 Å². The Labute approximate surface area is 265 Å². The Hall–Kier alpha value is -4.10. The molecule has 0 aliphatic carbocycles. The van der Waals surface area contributed by atoms with Gasteiger partial charge in [-0.3, -0.25) is 0 Å². The van der Waals surface area contributed by atoms with Crippen LogP contribution in [0, 0.1) is 22.5 Å². The molecule has 3 aromatic rings. The number of carbonyl (C=O) groups excluding carboxylic acids is 2. The van der Waals surface area contributed by atoms with Gasteiger partial charge in [0.2, 0.25) is 11.6 Å². The summed E-state index contributed by atoms with van der Waals surface area (Å²) in [5.41, 5.74) is 0.232. The second-order valence-electron chi connectivity index (χ2n) is 11.4. The summed E-state index contributed by atoms with van der Waals surface area (Å²) in [6, 6.07) is 13.8. The number of hydrogen-bond acceptors (Lipinski definition) is 10. The summed E-state index contributed by atoms with van der Waals surface area (Å²) < 4.78 is 72.4. The van der Waals surface area contributed by atoms with Crippen LogP contribution in [0.1, 0.15) is 47.4 Å². The largest absolute Gasteiger partial charge is 0.468 e. The first-order valence-electron chi connectivity index (χ1n) is 14.9. The van der Waals surface area contributed by atoms with Crippen LogP contribution < -0.4 is 18.9 Å². The molecule has 0 unspecified atom stereocenters. The monoisotopic (exact) mass is 642 g/mol. The van der Waals surface area contributed by atoms with Gasteiger partial charge < -0.3 is 37.9 Å². The first-order chi connectivity index (χ1) is 22.3. The van der Waals surface area contributed by atoms with E-state index >= 15 is 0 Å². The number of halogens is 2. The minimum atomic E-state index is -1.49. The van der Waals surface area contributed by atoms with Crippen LogP contribution in [-0.4, -0.2) is 65.2 Å². The third kappa shape index (κ3) is 8.00. The van der Waals surface area contributed by atoms with E-state index in [0.717, 1.165) is 25.0 Å². The zero-order valence-corrected chi connectivity index (χ0v) is 25.7. The van der Waals surface area contributed by atoms with E-state index in [-0.39, 0.29) is 35.5 Å². The quantitative estimate of drug-likeness (QED) is 0.0804. The van der Waals surface area contributed by atoms with E-state index in [4.69, 9.17) is 37.9 Å². The summed E-state index contributed by atoms with van der Waals surface area (Å²) in [5, 5.41) is 0. The number of hydrogen-bond donors (Lipinski definition) is 0. The van der Waals surface area contributed by atoms with Gasteiger partial charge in [0.25, 0.3) is 0 Å². The summed E-state index contributed by atoms with van der Waals surface area (Å²) in [6.07, 6.45) is 1.89. The van der Waals surface area contributed by atoms with Crippen molar-refractivity contribution < 1.29 is 56.3 Å². The number of rotatable bonds is 16. The molecule has 0 bridgehead atoms. The van der Waals surface area contributed by atoms with Gasteiger partial charge in [-0.05, 0) is 73.5 Å². The molecule has 2 heterocycles. The van der Waals surface area contributed by atoms with Crippen molar-refractivity contribution in [2.75, 3.05) is 53.2 Å². The fourth-order valence-electron chi connectivity index (χ4n) is 4.66. The lowest BCUT2D eigenvalue weighted by Crippen LogP contribution is -2.45. The topological polar surface area (TPSA) is 108 Å². The minimum Gasteiger partial charge on any atom is -0.468 e. The van der Waals surface area contributed by atoms with E-state index in [1.54, 1.807) is 0 Å². The van der Waals surface area contributed by atoms with Crippen LogP contribution >= 0.6 is 0 Å². The van der Waals surface area contributed by atoms with E-state index in [2.05, 4.69) is 13.8 Å². The maximum Gasteiger partial charge on any atom is 0.343 e. The molecule has 5 rings (SSSR count). The van der Waals surface area contributed by atoms with Crippen LogP contribution in [0.2, 0.25) is 0 Å². The summed E-state index contributed by atoms with van der Waals surface area (Å²) >= 11 is 0. The van der Waals surface area contributed by atoms with Gasteiger partial charge in [0, 0.05) is 10.8 Å². The third-order valence-electron chi connectivity index (χ3n) is 8.16. The molecule has 0 radical (unpaired) electrons. The lowest BCUT2D eigenvalue weighted by Gasteiger charge is -2.40. The minimum absolute atomic E-state index is 0.0263. The van der Waals surface area contributed by atoms with E-state index in [1.165, 1.54) is 48.5 Å². The van der Waals surface area contributed by atoms with Crippen molar-refractivity contribution in [1.82, 2.24) is 0 Å². The second-order valence-corrected chi connectivity index (χ2v) is 11.4. The van der Waals surface area contributed by atoms with E-state index < -0.39 is 35.1 Å². The third-order valence-corrected chi connectivity index (χ3v) is 8.16. The fourth-order valence-corrected chi connectivity index (χ4v) is 4.66. The Morgan fingerprint density at radius 2 is 1.00 bits per heavy atom. The first-order valence-corrected chi connectivity index (χ1v) is 14.9. The second kappa shape index (κ2) is 15.0. The first kappa shape index (κ1) is 33.3. The van der Waals surface area contributed by atoms with Gasteiger partial charge in [0.05, 0.1) is 50.8 Å². The van der Waals surface area contributed by atoms with Gasteiger partial charge in [-0.15, -0.1) is 0 Å². The van der Waals surface area contributed by atoms with Crippen LogP contribution in [0.25, 0.3) is 0 Å². The normalized spacial score (nSPS) is 16.1. The van der Waals surface area contributed by atoms with Gasteiger partial charge in [0.1, 0.15) is 11.5 Å². The molecule has 0 atom stereocenters. The van der Waals surface area contributed by atoms with Gasteiger partial charge in [0.15, 0.2) is 25.1 Å². The SMILES string of the molecule is CCC1(COCOc2ccc(C(=O)Oc3ccc(OC(=O)c4ccc(OCOCC5(CC)COC5)cc4)c(F)c3F)cc2)COC1. The predicted molar refractivity (Wildman–Crippen MR) is 159 cm³/mol. The Kier molecular flexibility index (Phi) is 10.8.